The molecule has 4 nitrogen and oxygen atoms in total. The van der Waals surface area contributed by atoms with Gasteiger partial charge in [-0.2, -0.15) is 5.10 Å². The van der Waals surface area contributed by atoms with Gasteiger partial charge in [-0.25, -0.2) is 9.07 Å². The van der Waals surface area contributed by atoms with Gasteiger partial charge >= 0.3 is 0 Å². The van der Waals surface area contributed by atoms with E-state index < -0.39 is 0 Å². The van der Waals surface area contributed by atoms with E-state index in [1.807, 2.05) is 25.1 Å². The van der Waals surface area contributed by atoms with Crippen LogP contribution in [0.25, 0.3) is 11.1 Å². The van der Waals surface area contributed by atoms with Crippen LogP contribution < -0.4 is 5.56 Å². The summed E-state index contributed by atoms with van der Waals surface area (Å²) >= 11 is 0. The van der Waals surface area contributed by atoms with Crippen LogP contribution in [0.4, 0.5) is 4.39 Å². The lowest BCUT2D eigenvalue weighted by atomic mass is 9.94. The van der Waals surface area contributed by atoms with Gasteiger partial charge in [0.05, 0.1) is 5.69 Å². The van der Waals surface area contributed by atoms with Gasteiger partial charge in [-0.05, 0) is 62.3 Å². The Morgan fingerprint density at radius 3 is 2.60 bits per heavy atom. The van der Waals surface area contributed by atoms with Crippen LogP contribution in [0.1, 0.15) is 42.5 Å². The van der Waals surface area contributed by atoms with Crippen molar-refractivity contribution < 1.29 is 9.50 Å². The van der Waals surface area contributed by atoms with Crippen LogP contribution >= 0.6 is 0 Å². The first-order valence-electron chi connectivity index (χ1n) is 10.7. The van der Waals surface area contributed by atoms with Crippen molar-refractivity contribution in [2.75, 3.05) is 0 Å². The van der Waals surface area contributed by atoms with E-state index in [1.54, 1.807) is 22.9 Å². The standard InChI is InChI=1S/C25H27FN2O2/c1-17-24(21-11-4-5-12-23(21)29)22(14-13-18-9-6-10-20(26)15-18)25(30)28(27-17)16-19-7-2-3-8-19/h4-6,9-12,15,19,29H,2-3,7-8,13-14,16H2,1H3. The highest BCUT2D eigenvalue weighted by molar-refractivity contribution is 5.74. The second-order valence-corrected chi connectivity index (χ2v) is 8.22. The first-order valence-corrected chi connectivity index (χ1v) is 10.7. The number of phenols is 1. The van der Waals surface area contributed by atoms with Crippen molar-refractivity contribution in [3.63, 3.8) is 0 Å². The van der Waals surface area contributed by atoms with Crippen molar-refractivity contribution in [3.8, 4) is 16.9 Å². The summed E-state index contributed by atoms with van der Waals surface area (Å²) in [4.78, 5) is 13.4. The summed E-state index contributed by atoms with van der Waals surface area (Å²) in [5, 5.41) is 15.1. The van der Waals surface area contributed by atoms with Crippen molar-refractivity contribution in [3.05, 3.63) is 81.5 Å². The molecule has 1 aliphatic rings. The fourth-order valence-corrected chi connectivity index (χ4v) is 4.56. The number of aryl methyl sites for hydroxylation is 2. The predicted molar refractivity (Wildman–Crippen MR) is 116 cm³/mol. The van der Waals surface area contributed by atoms with Gasteiger partial charge in [-0.1, -0.05) is 43.2 Å². The Morgan fingerprint density at radius 2 is 1.87 bits per heavy atom. The zero-order chi connectivity index (χ0) is 21.1. The van der Waals surface area contributed by atoms with Gasteiger partial charge < -0.3 is 5.11 Å². The molecule has 5 heteroatoms. The van der Waals surface area contributed by atoms with Crippen molar-refractivity contribution in [1.82, 2.24) is 9.78 Å². The van der Waals surface area contributed by atoms with Crippen LogP contribution in [0.3, 0.4) is 0 Å². The number of para-hydroxylation sites is 1. The Kier molecular flexibility index (Phi) is 5.98. The van der Waals surface area contributed by atoms with Crippen LogP contribution in [0.15, 0.2) is 53.3 Å². The highest BCUT2D eigenvalue weighted by Gasteiger charge is 2.22. The van der Waals surface area contributed by atoms with Crippen molar-refractivity contribution in [2.45, 2.75) is 52.0 Å². The number of rotatable bonds is 6. The average molecular weight is 407 g/mol. The maximum Gasteiger partial charge on any atom is 0.270 e. The average Bonchev–Trinajstić information content (AvgIpc) is 3.23. The van der Waals surface area contributed by atoms with Gasteiger partial charge in [-0.3, -0.25) is 4.79 Å². The minimum Gasteiger partial charge on any atom is -0.507 e. The van der Waals surface area contributed by atoms with Gasteiger partial charge in [0.2, 0.25) is 0 Å². The zero-order valence-electron chi connectivity index (χ0n) is 17.3. The molecule has 1 saturated carbocycles. The van der Waals surface area contributed by atoms with Gasteiger partial charge in [0.1, 0.15) is 11.6 Å². The minimum absolute atomic E-state index is 0.109. The SMILES string of the molecule is Cc1nn(CC2CCCC2)c(=O)c(CCc2cccc(F)c2)c1-c1ccccc1O. The predicted octanol–water partition coefficient (Wildman–Crippen LogP) is 5.04. The number of aromatic hydroxyl groups is 1. The third-order valence-corrected chi connectivity index (χ3v) is 6.06. The molecule has 0 atom stereocenters. The third-order valence-electron chi connectivity index (χ3n) is 6.06. The molecule has 1 fully saturated rings. The molecule has 30 heavy (non-hydrogen) atoms. The smallest absolute Gasteiger partial charge is 0.270 e. The molecule has 0 aliphatic heterocycles. The minimum atomic E-state index is -0.280. The quantitative estimate of drug-likeness (QED) is 0.624. The van der Waals surface area contributed by atoms with Crippen molar-refractivity contribution in [2.24, 2.45) is 5.92 Å². The normalized spacial score (nSPS) is 14.3. The molecule has 3 aromatic rings. The lowest BCUT2D eigenvalue weighted by Crippen LogP contribution is -2.30. The largest absolute Gasteiger partial charge is 0.507 e. The lowest BCUT2D eigenvalue weighted by molar-refractivity contribution is 0.411. The number of nitrogens with zero attached hydrogens (tertiary/aromatic N) is 2. The number of halogens is 1. The van der Waals surface area contributed by atoms with Gasteiger partial charge in [0.15, 0.2) is 0 Å². The molecule has 1 aromatic heterocycles. The van der Waals surface area contributed by atoms with E-state index >= 15 is 0 Å². The number of aromatic nitrogens is 2. The Morgan fingerprint density at radius 1 is 1.10 bits per heavy atom. The summed E-state index contributed by atoms with van der Waals surface area (Å²) in [6, 6.07) is 13.5. The highest BCUT2D eigenvalue weighted by Crippen LogP contribution is 2.33. The van der Waals surface area contributed by atoms with E-state index in [-0.39, 0.29) is 17.1 Å². The molecule has 0 saturated heterocycles. The number of hydrogen-bond donors (Lipinski definition) is 1. The summed E-state index contributed by atoms with van der Waals surface area (Å²) in [5.74, 6) is 0.335. The molecule has 156 valence electrons. The van der Waals surface area contributed by atoms with Crippen LogP contribution in [0.5, 0.6) is 5.75 Å². The van der Waals surface area contributed by atoms with E-state index in [2.05, 4.69) is 5.10 Å². The fraction of sp³-hybridized carbons (Fsp3) is 0.360. The van der Waals surface area contributed by atoms with E-state index in [0.717, 1.165) is 24.1 Å². The Balaban J connectivity index is 1.77. The zero-order valence-corrected chi connectivity index (χ0v) is 17.3. The van der Waals surface area contributed by atoms with E-state index in [4.69, 9.17) is 0 Å². The van der Waals surface area contributed by atoms with Crippen LogP contribution in [0, 0.1) is 18.7 Å². The molecule has 2 aromatic carbocycles. The Bertz CT molecular complexity index is 1100. The molecule has 4 rings (SSSR count). The lowest BCUT2D eigenvalue weighted by Gasteiger charge is -2.18. The first kappa shape index (κ1) is 20.3. The maximum atomic E-state index is 13.6. The molecule has 0 unspecified atom stereocenters. The van der Waals surface area contributed by atoms with Crippen LogP contribution in [-0.4, -0.2) is 14.9 Å². The molecule has 0 bridgehead atoms. The molecular formula is C25H27FN2O2. The molecule has 1 N–H and O–H groups in total. The molecule has 1 heterocycles. The van der Waals surface area contributed by atoms with Crippen LogP contribution in [-0.2, 0) is 19.4 Å². The van der Waals surface area contributed by atoms with Crippen molar-refractivity contribution in [1.29, 1.82) is 0 Å². The summed E-state index contributed by atoms with van der Waals surface area (Å²) in [5.41, 5.74) is 3.39. The first-order chi connectivity index (χ1) is 14.5. The second kappa shape index (κ2) is 8.82. The summed E-state index contributed by atoms with van der Waals surface area (Å²) in [6.45, 7) is 2.52. The molecule has 0 radical (unpaired) electrons. The number of hydrogen-bond acceptors (Lipinski definition) is 3. The van der Waals surface area contributed by atoms with E-state index in [9.17, 15) is 14.3 Å². The topological polar surface area (TPSA) is 55.1 Å². The molecule has 1 aliphatic carbocycles. The molecular weight excluding hydrogens is 379 g/mol. The van der Waals surface area contributed by atoms with Crippen LogP contribution in [0.2, 0.25) is 0 Å². The number of benzene rings is 2. The third kappa shape index (κ3) is 4.30. The van der Waals surface area contributed by atoms with Crippen molar-refractivity contribution >= 4 is 0 Å². The second-order valence-electron chi connectivity index (χ2n) is 8.22. The Hall–Kier alpha value is -2.95. The summed E-state index contributed by atoms with van der Waals surface area (Å²) < 4.78 is 15.2. The van der Waals surface area contributed by atoms with Gasteiger partial charge in [0.25, 0.3) is 5.56 Å². The summed E-state index contributed by atoms with van der Waals surface area (Å²) in [6.07, 6.45) is 5.68. The molecule has 0 amide bonds. The van der Waals surface area contributed by atoms with E-state index in [1.165, 1.54) is 25.0 Å². The van der Waals surface area contributed by atoms with Gasteiger partial charge in [0, 0.05) is 23.2 Å². The highest BCUT2D eigenvalue weighted by atomic mass is 19.1. The fourth-order valence-electron chi connectivity index (χ4n) is 4.56. The summed E-state index contributed by atoms with van der Waals surface area (Å²) in [7, 11) is 0. The van der Waals surface area contributed by atoms with Gasteiger partial charge in [-0.15, -0.1) is 0 Å². The van der Waals surface area contributed by atoms with E-state index in [0.29, 0.717) is 42.0 Å². The molecule has 0 spiro atoms. The maximum absolute atomic E-state index is 13.6. The Labute approximate surface area is 176 Å². The number of phenolic OH excluding ortho intramolecular Hbond substituents is 1. The monoisotopic (exact) mass is 406 g/mol.